The van der Waals surface area contributed by atoms with E-state index in [0.717, 1.165) is 25.2 Å². The summed E-state index contributed by atoms with van der Waals surface area (Å²) < 4.78 is 5.57. The van der Waals surface area contributed by atoms with Gasteiger partial charge in [0.05, 0.1) is 6.61 Å². The van der Waals surface area contributed by atoms with Gasteiger partial charge in [0, 0.05) is 6.42 Å². The van der Waals surface area contributed by atoms with Crippen LogP contribution in [-0.4, -0.2) is 6.61 Å². The lowest BCUT2D eigenvalue weighted by atomic mass is 9.99. The maximum atomic E-state index is 5.57. The minimum absolute atomic E-state index is 0.723. The molecule has 1 heteroatoms. The van der Waals surface area contributed by atoms with E-state index in [4.69, 9.17) is 4.74 Å². The molecule has 0 aromatic heterocycles. The number of hydrogen-bond acceptors (Lipinski definition) is 1. The topological polar surface area (TPSA) is 9.23 Å². The zero-order valence-electron chi connectivity index (χ0n) is 10.7. The second-order valence-electron chi connectivity index (χ2n) is 3.83. The van der Waals surface area contributed by atoms with Gasteiger partial charge in [0.1, 0.15) is 5.75 Å². The lowest BCUT2D eigenvalue weighted by Gasteiger charge is -2.12. The summed E-state index contributed by atoms with van der Waals surface area (Å²) in [6, 6.07) is 4.23. The van der Waals surface area contributed by atoms with Crippen LogP contribution in [0.3, 0.4) is 0 Å². The highest BCUT2D eigenvalue weighted by Crippen LogP contribution is 2.24. The van der Waals surface area contributed by atoms with Crippen LogP contribution >= 0.6 is 0 Å². The Bertz CT molecular complexity index is 407. The molecule has 0 aliphatic carbocycles. The average Bonchev–Trinajstić information content (AvgIpc) is 2.28. The Morgan fingerprint density at radius 1 is 1.19 bits per heavy atom. The minimum atomic E-state index is 0.723. The first kappa shape index (κ1) is 12.6. The van der Waals surface area contributed by atoms with Gasteiger partial charge in [-0.15, -0.1) is 11.8 Å². The van der Waals surface area contributed by atoms with Gasteiger partial charge in [-0.3, -0.25) is 0 Å². The largest absolute Gasteiger partial charge is 0.494 e. The van der Waals surface area contributed by atoms with Crippen LogP contribution in [0.5, 0.6) is 5.75 Å². The first-order valence-electron chi connectivity index (χ1n) is 5.82. The number of benzene rings is 1. The number of aryl methyl sites for hydroxylation is 1. The van der Waals surface area contributed by atoms with Crippen molar-refractivity contribution in [3.63, 3.8) is 0 Å². The van der Waals surface area contributed by atoms with Crippen molar-refractivity contribution < 1.29 is 4.74 Å². The third kappa shape index (κ3) is 3.03. The second kappa shape index (κ2) is 6.23. The molecule has 0 N–H and O–H groups in total. The molecule has 0 aliphatic heterocycles. The molecule has 0 heterocycles. The van der Waals surface area contributed by atoms with Gasteiger partial charge in [-0.1, -0.05) is 6.07 Å². The van der Waals surface area contributed by atoms with Crippen LogP contribution in [0.1, 0.15) is 37.0 Å². The van der Waals surface area contributed by atoms with E-state index in [9.17, 15) is 0 Å². The van der Waals surface area contributed by atoms with Gasteiger partial charge in [0.25, 0.3) is 0 Å². The fourth-order valence-corrected chi connectivity index (χ4v) is 1.76. The average molecular weight is 216 g/mol. The predicted octanol–water partition coefficient (Wildman–Crippen LogP) is 3.66. The zero-order chi connectivity index (χ0) is 12.0. The van der Waals surface area contributed by atoms with Crippen molar-refractivity contribution >= 4 is 0 Å². The van der Waals surface area contributed by atoms with Crippen molar-refractivity contribution in [2.24, 2.45) is 0 Å². The van der Waals surface area contributed by atoms with Crippen LogP contribution in [0.4, 0.5) is 0 Å². The maximum Gasteiger partial charge on any atom is 0.122 e. The van der Waals surface area contributed by atoms with Crippen molar-refractivity contribution in [1.29, 1.82) is 0 Å². The lowest BCUT2D eigenvalue weighted by Crippen LogP contribution is -1.98. The Hall–Kier alpha value is -1.42. The van der Waals surface area contributed by atoms with Gasteiger partial charge in [0.2, 0.25) is 0 Å². The van der Waals surface area contributed by atoms with Crippen LogP contribution in [0.15, 0.2) is 12.1 Å². The van der Waals surface area contributed by atoms with E-state index in [1.54, 1.807) is 0 Å². The predicted molar refractivity (Wildman–Crippen MR) is 68.9 cm³/mol. The van der Waals surface area contributed by atoms with Crippen LogP contribution in [0.25, 0.3) is 0 Å². The first-order valence-corrected chi connectivity index (χ1v) is 5.82. The second-order valence-corrected chi connectivity index (χ2v) is 3.83. The summed E-state index contributed by atoms with van der Waals surface area (Å²) in [6.07, 6.45) is 1.96. The van der Waals surface area contributed by atoms with Crippen molar-refractivity contribution in [3.8, 4) is 17.6 Å². The van der Waals surface area contributed by atoms with Crippen LogP contribution in [-0.2, 0) is 6.42 Å². The zero-order valence-corrected chi connectivity index (χ0v) is 10.7. The molecule has 1 nitrogen and oxygen atoms in total. The summed E-state index contributed by atoms with van der Waals surface area (Å²) in [6.45, 7) is 8.90. The van der Waals surface area contributed by atoms with Gasteiger partial charge >= 0.3 is 0 Å². The number of rotatable bonds is 4. The highest BCUT2D eigenvalue weighted by Gasteiger charge is 2.06. The molecule has 0 unspecified atom stereocenters. The van der Waals surface area contributed by atoms with Crippen molar-refractivity contribution in [2.75, 3.05) is 6.61 Å². The highest BCUT2D eigenvalue weighted by molar-refractivity contribution is 5.43. The maximum absolute atomic E-state index is 5.57. The van der Waals surface area contributed by atoms with Crippen LogP contribution in [0.2, 0.25) is 0 Å². The molecule has 0 fully saturated rings. The third-order valence-corrected chi connectivity index (χ3v) is 2.85. The minimum Gasteiger partial charge on any atom is -0.494 e. The number of ether oxygens (including phenoxy) is 1. The molecule has 1 rings (SSSR count). The Kier molecular flexibility index (Phi) is 4.92. The fourth-order valence-electron chi connectivity index (χ4n) is 1.76. The van der Waals surface area contributed by atoms with Gasteiger partial charge in [-0.2, -0.15) is 0 Å². The molecule has 0 spiro atoms. The molecular weight excluding hydrogens is 196 g/mol. The standard InChI is InChI=1S/C15H20O/c1-5-7-8-9-14-10-11-15(16-6-2)13(4)12(14)3/h10-11H,6,8-9H2,1-4H3. The van der Waals surface area contributed by atoms with E-state index < -0.39 is 0 Å². The van der Waals surface area contributed by atoms with E-state index in [1.165, 1.54) is 16.7 Å². The number of hydrogen-bond donors (Lipinski definition) is 0. The molecule has 16 heavy (non-hydrogen) atoms. The molecule has 0 bridgehead atoms. The molecule has 0 saturated carbocycles. The Morgan fingerprint density at radius 2 is 1.94 bits per heavy atom. The van der Waals surface area contributed by atoms with Gasteiger partial charge < -0.3 is 4.74 Å². The lowest BCUT2D eigenvalue weighted by molar-refractivity contribution is 0.337. The normalized spacial score (nSPS) is 9.50. The van der Waals surface area contributed by atoms with E-state index in [0.29, 0.717) is 0 Å². The summed E-state index contributed by atoms with van der Waals surface area (Å²) in [7, 11) is 0. The molecule has 1 aromatic rings. The van der Waals surface area contributed by atoms with E-state index >= 15 is 0 Å². The smallest absolute Gasteiger partial charge is 0.122 e. The van der Waals surface area contributed by atoms with Gasteiger partial charge in [0.15, 0.2) is 0 Å². The molecule has 0 atom stereocenters. The van der Waals surface area contributed by atoms with Crippen molar-refractivity contribution in [1.82, 2.24) is 0 Å². The van der Waals surface area contributed by atoms with E-state index in [-0.39, 0.29) is 0 Å². The van der Waals surface area contributed by atoms with E-state index in [2.05, 4.69) is 37.8 Å². The Balaban J connectivity index is 2.87. The van der Waals surface area contributed by atoms with Gasteiger partial charge in [-0.05, 0) is 56.9 Å². The van der Waals surface area contributed by atoms with Crippen LogP contribution in [0, 0.1) is 25.7 Å². The van der Waals surface area contributed by atoms with Gasteiger partial charge in [-0.25, -0.2) is 0 Å². The Morgan fingerprint density at radius 3 is 2.56 bits per heavy atom. The first-order chi connectivity index (χ1) is 7.70. The molecule has 0 aliphatic rings. The summed E-state index contributed by atoms with van der Waals surface area (Å²) in [5.74, 6) is 7.04. The van der Waals surface area contributed by atoms with Crippen LogP contribution < -0.4 is 4.74 Å². The third-order valence-electron chi connectivity index (χ3n) is 2.85. The fraction of sp³-hybridized carbons (Fsp3) is 0.467. The molecule has 0 radical (unpaired) electrons. The molecule has 0 amide bonds. The summed E-state index contributed by atoms with van der Waals surface area (Å²) in [4.78, 5) is 0. The van der Waals surface area contributed by atoms with Crippen molar-refractivity contribution in [2.45, 2.75) is 40.5 Å². The molecular formula is C15H20O. The highest BCUT2D eigenvalue weighted by atomic mass is 16.5. The summed E-state index contributed by atoms with van der Waals surface area (Å²) in [5, 5.41) is 0. The molecule has 86 valence electrons. The molecule has 1 aromatic carbocycles. The Labute approximate surface area is 98.8 Å². The summed E-state index contributed by atoms with van der Waals surface area (Å²) in [5.41, 5.74) is 3.97. The SMILES string of the molecule is CC#CCCc1ccc(OCC)c(C)c1C. The van der Waals surface area contributed by atoms with E-state index in [1.807, 2.05) is 13.8 Å². The monoisotopic (exact) mass is 216 g/mol. The molecule has 0 saturated heterocycles. The summed E-state index contributed by atoms with van der Waals surface area (Å²) >= 11 is 0. The quantitative estimate of drug-likeness (QED) is 0.698. The van der Waals surface area contributed by atoms with Crippen molar-refractivity contribution in [3.05, 3.63) is 28.8 Å².